The van der Waals surface area contributed by atoms with Crippen LogP contribution in [0, 0.1) is 6.92 Å². The standard InChI is InChI=1S/C21H19ClF2N4O2/c1-11-6-13(27-30-11)8-19-26-17-10-25-16-3-2-12(22)7-15(16)20(17)28(19)14-4-5-29-18(9-14)21(23)24/h2-3,6-7,10,14,18,21H,4-5,8-9H2,1H3. The lowest BCUT2D eigenvalue weighted by Crippen LogP contribution is -2.33. The number of ether oxygens (including phenoxy) is 1. The molecule has 1 fully saturated rings. The molecule has 156 valence electrons. The van der Waals surface area contributed by atoms with E-state index in [1.54, 1.807) is 12.3 Å². The van der Waals surface area contributed by atoms with Crippen LogP contribution in [0.3, 0.4) is 0 Å². The Hall–Kier alpha value is -2.58. The van der Waals surface area contributed by atoms with Gasteiger partial charge in [0.05, 0.1) is 29.3 Å². The zero-order chi connectivity index (χ0) is 20.8. The first-order valence-corrected chi connectivity index (χ1v) is 10.1. The highest BCUT2D eigenvalue weighted by Crippen LogP contribution is 2.36. The molecule has 0 spiro atoms. The maximum absolute atomic E-state index is 13.4. The van der Waals surface area contributed by atoms with Crippen LogP contribution in [0.1, 0.15) is 36.2 Å². The highest BCUT2D eigenvalue weighted by molar-refractivity contribution is 6.31. The number of imidazole rings is 1. The molecule has 1 aliphatic rings. The summed E-state index contributed by atoms with van der Waals surface area (Å²) in [5.74, 6) is 1.43. The van der Waals surface area contributed by atoms with Crippen molar-refractivity contribution in [1.82, 2.24) is 19.7 Å². The largest absolute Gasteiger partial charge is 0.372 e. The van der Waals surface area contributed by atoms with Crippen LogP contribution in [-0.2, 0) is 11.2 Å². The first-order valence-electron chi connectivity index (χ1n) is 9.76. The number of aryl methyl sites for hydroxylation is 1. The molecule has 0 saturated carbocycles. The first-order chi connectivity index (χ1) is 14.5. The molecule has 0 aliphatic carbocycles. The van der Waals surface area contributed by atoms with Gasteiger partial charge in [-0.15, -0.1) is 0 Å². The van der Waals surface area contributed by atoms with Gasteiger partial charge in [-0.25, -0.2) is 13.8 Å². The van der Waals surface area contributed by atoms with E-state index in [0.717, 1.165) is 27.9 Å². The highest BCUT2D eigenvalue weighted by atomic mass is 35.5. The van der Waals surface area contributed by atoms with Crippen molar-refractivity contribution in [2.75, 3.05) is 6.61 Å². The quantitative estimate of drug-likeness (QED) is 0.448. The molecule has 9 heteroatoms. The van der Waals surface area contributed by atoms with E-state index in [0.29, 0.717) is 29.1 Å². The molecule has 2 unspecified atom stereocenters. The van der Waals surface area contributed by atoms with Crippen molar-refractivity contribution < 1.29 is 18.0 Å². The van der Waals surface area contributed by atoms with Gasteiger partial charge in [-0.3, -0.25) is 4.98 Å². The van der Waals surface area contributed by atoms with Crippen molar-refractivity contribution in [3.63, 3.8) is 0 Å². The molecular weight excluding hydrogens is 414 g/mol. The summed E-state index contributed by atoms with van der Waals surface area (Å²) in [7, 11) is 0. The second kappa shape index (κ2) is 7.59. The zero-order valence-electron chi connectivity index (χ0n) is 16.2. The van der Waals surface area contributed by atoms with E-state index in [4.69, 9.17) is 25.8 Å². The van der Waals surface area contributed by atoms with Gasteiger partial charge >= 0.3 is 0 Å². The molecule has 1 aromatic carbocycles. The number of aromatic nitrogens is 4. The van der Waals surface area contributed by atoms with Gasteiger partial charge in [0.25, 0.3) is 6.43 Å². The SMILES string of the molecule is Cc1cc(Cc2nc3cnc4ccc(Cl)cc4c3n2C2CCOC(C(F)F)C2)no1. The minimum atomic E-state index is -2.53. The Morgan fingerprint density at radius 1 is 1.27 bits per heavy atom. The van der Waals surface area contributed by atoms with Crippen LogP contribution in [0.15, 0.2) is 35.0 Å². The molecule has 0 amide bonds. The molecule has 1 aliphatic heterocycles. The van der Waals surface area contributed by atoms with Gasteiger partial charge in [0.15, 0.2) is 0 Å². The van der Waals surface area contributed by atoms with Gasteiger partial charge < -0.3 is 13.8 Å². The van der Waals surface area contributed by atoms with Crippen LogP contribution in [0.4, 0.5) is 8.78 Å². The fourth-order valence-electron chi connectivity index (χ4n) is 4.20. The first kappa shape index (κ1) is 19.4. The van der Waals surface area contributed by atoms with Crippen molar-refractivity contribution in [3.05, 3.63) is 52.8 Å². The van der Waals surface area contributed by atoms with Crippen LogP contribution >= 0.6 is 11.6 Å². The Morgan fingerprint density at radius 3 is 2.90 bits per heavy atom. The van der Waals surface area contributed by atoms with Gasteiger partial charge in [-0.2, -0.15) is 0 Å². The molecule has 4 aromatic rings. The van der Waals surface area contributed by atoms with E-state index in [2.05, 4.69) is 14.7 Å². The van der Waals surface area contributed by atoms with Crippen LogP contribution in [-0.4, -0.2) is 38.8 Å². The predicted octanol–water partition coefficient (Wildman–Crippen LogP) is 5.11. The number of pyridine rings is 1. The van der Waals surface area contributed by atoms with Crippen molar-refractivity contribution >= 4 is 33.5 Å². The van der Waals surface area contributed by atoms with E-state index in [1.165, 1.54) is 0 Å². The molecule has 2 atom stereocenters. The highest BCUT2D eigenvalue weighted by Gasteiger charge is 2.32. The molecule has 6 nitrogen and oxygen atoms in total. The molecule has 4 heterocycles. The monoisotopic (exact) mass is 432 g/mol. The van der Waals surface area contributed by atoms with Crippen molar-refractivity contribution in [1.29, 1.82) is 0 Å². The van der Waals surface area contributed by atoms with Crippen LogP contribution < -0.4 is 0 Å². The van der Waals surface area contributed by atoms with E-state index in [1.807, 2.05) is 25.1 Å². The number of alkyl halides is 2. The Kier molecular flexibility index (Phi) is 4.91. The number of nitrogens with zero attached hydrogens (tertiary/aromatic N) is 4. The predicted molar refractivity (Wildman–Crippen MR) is 108 cm³/mol. The summed E-state index contributed by atoms with van der Waals surface area (Å²) in [5, 5.41) is 5.50. The molecule has 0 radical (unpaired) electrons. The second-order valence-corrected chi connectivity index (χ2v) is 8.02. The van der Waals surface area contributed by atoms with E-state index >= 15 is 0 Å². The third kappa shape index (κ3) is 3.44. The summed E-state index contributed by atoms with van der Waals surface area (Å²) in [6.45, 7) is 2.09. The Balaban J connectivity index is 1.71. The zero-order valence-corrected chi connectivity index (χ0v) is 16.9. The normalized spacial score (nSPS) is 19.9. The number of rotatable bonds is 4. The molecule has 3 aromatic heterocycles. The summed E-state index contributed by atoms with van der Waals surface area (Å²) >= 11 is 6.26. The Bertz CT molecular complexity index is 1220. The minimum Gasteiger partial charge on any atom is -0.372 e. The molecule has 1 saturated heterocycles. The fourth-order valence-corrected chi connectivity index (χ4v) is 4.37. The molecule has 5 rings (SSSR count). The molecule has 0 bridgehead atoms. The van der Waals surface area contributed by atoms with E-state index in [9.17, 15) is 8.78 Å². The third-order valence-corrected chi connectivity index (χ3v) is 5.74. The number of benzene rings is 1. The topological polar surface area (TPSA) is 66.0 Å². The number of hydrogen-bond donors (Lipinski definition) is 0. The smallest absolute Gasteiger partial charge is 0.264 e. The average Bonchev–Trinajstić information content (AvgIpc) is 3.31. The number of halogens is 3. The lowest BCUT2D eigenvalue weighted by atomic mass is 10.0. The van der Waals surface area contributed by atoms with Gasteiger partial charge in [0, 0.05) is 35.5 Å². The Morgan fingerprint density at radius 2 is 2.13 bits per heavy atom. The lowest BCUT2D eigenvalue weighted by molar-refractivity contribution is -0.0901. The third-order valence-electron chi connectivity index (χ3n) is 5.50. The van der Waals surface area contributed by atoms with E-state index in [-0.39, 0.29) is 19.1 Å². The van der Waals surface area contributed by atoms with E-state index < -0.39 is 12.5 Å². The van der Waals surface area contributed by atoms with Crippen molar-refractivity contribution in [2.24, 2.45) is 0 Å². The lowest BCUT2D eigenvalue weighted by Gasteiger charge is -2.31. The molecular formula is C21H19ClF2N4O2. The fraction of sp³-hybridized carbons (Fsp3) is 0.381. The van der Waals surface area contributed by atoms with Gasteiger partial charge in [-0.05, 0) is 31.5 Å². The van der Waals surface area contributed by atoms with Crippen LogP contribution in [0.25, 0.3) is 21.9 Å². The summed E-state index contributed by atoms with van der Waals surface area (Å²) in [6, 6.07) is 7.14. The number of fused-ring (bicyclic) bond motifs is 3. The van der Waals surface area contributed by atoms with Crippen LogP contribution in [0.2, 0.25) is 5.02 Å². The van der Waals surface area contributed by atoms with Gasteiger partial charge in [0.2, 0.25) is 0 Å². The van der Waals surface area contributed by atoms with Gasteiger partial charge in [0.1, 0.15) is 23.2 Å². The summed E-state index contributed by atoms with van der Waals surface area (Å²) in [5.41, 5.74) is 3.05. The summed E-state index contributed by atoms with van der Waals surface area (Å²) in [4.78, 5) is 9.28. The minimum absolute atomic E-state index is 0.185. The molecule has 30 heavy (non-hydrogen) atoms. The Labute approximate surface area is 175 Å². The second-order valence-electron chi connectivity index (χ2n) is 7.58. The molecule has 0 N–H and O–H groups in total. The van der Waals surface area contributed by atoms with Crippen molar-refractivity contribution in [3.8, 4) is 0 Å². The number of hydrogen-bond acceptors (Lipinski definition) is 5. The summed E-state index contributed by atoms with van der Waals surface area (Å²) < 4.78 is 39.4. The average molecular weight is 433 g/mol. The summed E-state index contributed by atoms with van der Waals surface area (Å²) in [6.07, 6.45) is -0.673. The van der Waals surface area contributed by atoms with Crippen LogP contribution in [0.5, 0.6) is 0 Å². The maximum atomic E-state index is 13.4. The maximum Gasteiger partial charge on any atom is 0.264 e. The van der Waals surface area contributed by atoms with Gasteiger partial charge in [-0.1, -0.05) is 16.8 Å². The van der Waals surface area contributed by atoms with Crippen molar-refractivity contribution in [2.45, 2.75) is 44.8 Å².